The normalized spacial score (nSPS) is 9.88. The zero-order valence-corrected chi connectivity index (χ0v) is 10.1. The van der Waals surface area contributed by atoms with E-state index in [1.807, 2.05) is 24.3 Å². The number of rotatable bonds is 6. The Morgan fingerprint density at radius 2 is 2.06 bits per heavy atom. The van der Waals surface area contributed by atoms with Crippen molar-refractivity contribution in [2.45, 2.75) is 19.9 Å². The highest BCUT2D eigenvalue weighted by molar-refractivity contribution is 6.27. The van der Waals surface area contributed by atoms with Crippen LogP contribution in [0.25, 0.3) is 0 Å². The molecule has 0 atom stereocenters. The maximum atomic E-state index is 10.9. The van der Waals surface area contributed by atoms with Crippen molar-refractivity contribution >= 4 is 17.5 Å². The molecule has 1 aromatic rings. The van der Waals surface area contributed by atoms with Gasteiger partial charge < -0.3 is 10.1 Å². The maximum absolute atomic E-state index is 10.9. The Morgan fingerprint density at radius 3 is 2.62 bits per heavy atom. The van der Waals surface area contributed by atoms with Gasteiger partial charge in [0.25, 0.3) is 0 Å². The molecule has 0 saturated carbocycles. The summed E-state index contributed by atoms with van der Waals surface area (Å²) < 4.78 is 5.45. The van der Waals surface area contributed by atoms with Gasteiger partial charge in [0.2, 0.25) is 5.91 Å². The molecule has 3 nitrogen and oxygen atoms in total. The highest BCUT2D eigenvalue weighted by Gasteiger charge is 1.99. The Hall–Kier alpha value is -1.22. The predicted octanol–water partition coefficient (Wildman–Crippen LogP) is 2.33. The first-order valence-corrected chi connectivity index (χ1v) is 5.84. The fraction of sp³-hybridized carbons (Fsp3) is 0.417. The molecular weight excluding hydrogens is 226 g/mol. The van der Waals surface area contributed by atoms with Gasteiger partial charge in [0.05, 0.1) is 6.61 Å². The molecule has 1 aromatic carbocycles. The van der Waals surface area contributed by atoms with E-state index in [2.05, 4.69) is 12.2 Å². The van der Waals surface area contributed by atoms with Gasteiger partial charge in [-0.2, -0.15) is 0 Å². The van der Waals surface area contributed by atoms with Crippen LogP contribution in [0.5, 0.6) is 5.75 Å². The molecule has 1 amide bonds. The number of amides is 1. The highest BCUT2D eigenvalue weighted by atomic mass is 35.5. The minimum absolute atomic E-state index is 0.00229. The van der Waals surface area contributed by atoms with Crippen LogP contribution in [0.2, 0.25) is 0 Å². The number of benzene rings is 1. The van der Waals surface area contributed by atoms with Crippen molar-refractivity contribution in [3.05, 3.63) is 29.8 Å². The number of halogens is 1. The molecule has 1 rings (SSSR count). The van der Waals surface area contributed by atoms with Crippen LogP contribution in [-0.2, 0) is 11.3 Å². The molecule has 0 unspecified atom stereocenters. The van der Waals surface area contributed by atoms with Gasteiger partial charge in [-0.25, -0.2) is 0 Å². The summed E-state index contributed by atoms with van der Waals surface area (Å²) in [5.41, 5.74) is 1.03. The molecule has 0 spiro atoms. The van der Waals surface area contributed by atoms with Crippen LogP contribution in [-0.4, -0.2) is 18.4 Å². The summed E-state index contributed by atoms with van der Waals surface area (Å²) in [6, 6.07) is 7.66. The van der Waals surface area contributed by atoms with Crippen molar-refractivity contribution in [2.75, 3.05) is 12.5 Å². The van der Waals surface area contributed by atoms with Crippen LogP contribution in [0.15, 0.2) is 24.3 Å². The quantitative estimate of drug-likeness (QED) is 0.777. The average molecular weight is 242 g/mol. The predicted molar refractivity (Wildman–Crippen MR) is 64.8 cm³/mol. The van der Waals surface area contributed by atoms with Crippen molar-refractivity contribution in [1.82, 2.24) is 5.32 Å². The maximum Gasteiger partial charge on any atom is 0.235 e. The smallest absolute Gasteiger partial charge is 0.235 e. The SMILES string of the molecule is CCCOc1ccc(CNC(=O)CCl)cc1. The number of nitrogens with one attached hydrogen (secondary N) is 1. The zero-order valence-electron chi connectivity index (χ0n) is 9.33. The van der Waals surface area contributed by atoms with E-state index in [-0.39, 0.29) is 11.8 Å². The first-order valence-electron chi connectivity index (χ1n) is 5.30. The summed E-state index contributed by atoms with van der Waals surface area (Å²) in [5.74, 6) is 0.694. The molecular formula is C12H16ClNO2. The largest absolute Gasteiger partial charge is 0.494 e. The van der Waals surface area contributed by atoms with E-state index < -0.39 is 0 Å². The molecule has 0 aliphatic heterocycles. The fourth-order valence-corrected chi connectivity index (χ4v) is 1.27. The molecule has 4 heteroatoms. The van der Waals surface area contributed by atoms with Gasteiger partial charge in [-0.15, -0.1) is 11.6 Å². The van der Waals surface area contributed by atoms with Crippen LogP contribution in [0, 0.1) is 0 Å². The van der Waals surface area contributed by atoms with Crippen LogP contribution < -0.4 is 10.1 Å². The minimum atomic E-state index is -0.159. The van der Waals surface area contributed by atoms with Gasteiger partial charge in [-0.05, 0) is 24.1 Å². The van der Waals surface area contributed by atoms with E-state index in [1.165, 1.54) is 0 Å². The second-order valence-corrected chi connectivity index (χ2v) is 3.67. The Labute approximate surface area is 101 Å². The molecule has 0 fully saturated rings. The Morgan fingerprint density at radius 1 is 1.38 bits per heavy atom. The van der Waals surface area contributed by atoms with Gasteiger partial charge in [-0.3, -0.25) is 4.79 Å². The first-order chi connectivity index (χ1) is 7.76. The van der Waals surface area contributed by atoms with Gasteiger partial charge in [0, 0.05) is 6.54 Å². The Balaban J connectivity index is 2.41. The first kappa shape index (κ1) is 12.8. The van der Waals surface area contributed by atoms with E-state index >= 15 is 0 Å². The molecule has 88 valence electrons. The molecule has 0 radical (unpaired) electrons. The number of carbonyl (C=O) groups is 1. The number of hydrogen-bond acceptors (Lipinski definition) is 2. The number of ether oxygens (including phenoxy) is 1. The summed E-state index contributed by atoms with van der Waals surface area (Å²) in [7, 11) is 0. The molecule has 0 aliphatic rings. The van der Waals surface area contributed by atoms with E-state index in [0.29, 0.717) is 6.54 Å². The van der Waals surface area contributed by atoms with Gasteiger partial charge in [0.15, 0.2) is 0 Å². The average Bonchev–Trinajstić information content (AvgIpc) is 2.34. The van der Waals surface area contributed by atoms with Crippen molar-refractivity contribution in [2.24, 2.45) is 0 Å². The summed E-state index contributed by atoms with van der Waals surface area (Å²) in [6.07, 6.45) is 0.994. The number of alkyl halides is 1. The molecule has 0 aliphatic carbocycles. The lowest BCUT2D eigenvalue weighted by Crippen LogP contribution is -2.23. The minimum Gasteiger partial charge on any atom is -0.494 e. The fourth-order valence-electron chi connectivity index (χ4n) is 1.17. The number of hydrogen-bond donors (Lipinski definition) is 1. The van der Waals surface area contributed by atoms with Crippen LogP contribution in [0.1, 0.15) is 18.9 Å². The summed E-state index contributed by atoms with van der Waals surface area (Å²) in [4.78, 5) is 10.9. The van der Waals surface area contributed by atoms with Crippen LogP contribution >= 0.6 is 11.6 Å². The van der Waals surface area contributed by atoms with Crippen molar-refractivity contribution in [3.8, 4) is 5.75 Å². The third kappa shape index (κ3) is 4.53. The van der Waals surface area contributed by atoms with Gasteiger partial charge in [-0.1, -0.05) is 19.1 Å². The van der Waals surface area contributed by atoms with Gasteiger partial charge >= 0.3 is 0 Å². The highest BCUT2D eigenvalue weighted by Crippen LogP contribution is 2.12. The van der Waals surface area contributed by atoms with Crippen molar-refractivity contribution in [3.63, 3.8) is 0 Å². The lowest BCUT2D eigenvalue weighted by atomic mass is 10.2. The van der Waals surface area contributed by atoms with Crippen LogP contribution in [0.4, 0.5) is 0 Å². The van der Waals surface area contributed by atoms with Gasteiger partial charge in [0.1, 0.15) is 11.6 Å². The van der Waals surface area contributed by atoms with Crippen molar-refractivity contribution in [1.29, 1.82) is 0 Å². The third-order valence-corrected chi connectivity index (χ3v) is 2.25. The third-order valence-electron chi connectivity index (χ3n) is 2.01. The second-order valence-electron chi connectivity index (χ2n) is 3.40. The number of carbonyl (C=O) groups excluding carboxylic acids is 1. The monoisotopic (exact) mass is 241 g/mol. The Bertz CT molecular complexity index is 324. The van der Waals surface area contributed by atoms with Crippen LogP contribution in [0.3, 0.4) is 0 Å². The second kappa shape index (κ2) is 7.12. The van der Waals surface area contributed by atoms with E-state index in [1.54, 1.807) is 0 Å². The van der Waals surface area contributed by atoms with E-state index in [4.69, 9.17) is 16.3 Å². The summed E-state index contributed by atoms with van der Waals surface area (Å²) in [6.45, 7) is 3.29. The molecule has 0 heterocycles. The molecule has 0 bridgehead atoms. The van der Waals surface area contributed by atoms with E-state index in [9.17, 15) is 4.79 Å². The topological polar surface area (TPSA) is 38.3 Å². The Kier molecular flexibility index (Phi) is 5.72. The lowest BCUT2D eigenvalue weighted by Gasteiger charge is -2.06. The summed E-state index contributed by atoms with van der Waals surface area (Å²) in [5, 5.41) is 2.70. The molecule has 0 saturated heterocycles. The molecule has 16 heavy (non-hydrogen) atoms. The standard InChI is InChI=1S/C12H16ClNO2/c1-2-7-16-11-5-3-10(4-6-11)9-14-12(15)8-13/h3-6H,2,7-9H2,1H3,(H,14,15). The lowest BCUT2D eigenvalue weighted by molar-refractivity contribution is -0.118. The molecule has 0 aromatic heterocycles. The van der Waals surface area contributed by atoms with Crippen molar-refractivity contribution < 1.29 is 9.53 Å². The van der Waals surface area contributed by atoms with E-state index in [0.717, 1.165) is 24.3 Å². The summed E-state index contributed by atoms with van der Waals surface area (Å²) >= 11 is 5.37. The zero-order chi connectivity index (χ0) is 11.8. The molecule has 1 N–H and O–H groups in total.